The minimum atomic E-state index is 1.01. The lowest BCUT2D eigenvalue weighted by molar-refractivity contribution is 1.08. The van der Waals surface area contributed by atoms with Crippen LogP contribution in [-0.4, -0.2) is 19.1 Å². The van der Waals surface area contributed by atoms with Crippen molar-refractivity contribution in [2.24, 2.45) is 0 Å². The molecule has 0 atom stereocenters. The molecule has 0 aliphatic carbocycles. The van der Waals surface area contributed by atoms with E-state index in [1.165, 1.54) is 16.5 Å². The van der Waals surface area contributed by atoms with E-state index in [9.17, 15) is 0 Å². The van der Waals surface area contributed by atoms with Gasteiger partial charge in [0, 0.05) is 19.5 Å². The summed E-state index contributed by atoms with van der Waals surface area (Å²) in [5.41, 5.74) is 3.51. The van der Waals surface area contributed by atoms with E-state index in [4.69, 9.17) is 0 Å². The van der Waals surface area contributed by atoms with Crippen molar-refractivity contribution in [3.8, 4) is 0 Å². The van der Waals surface area contributed by atoms with Gasteiger partial charge >= 0.3 is 0 Å². The van der Waals surface area contributed by atoms with Crippen LogP contribution in [0.15, 0.2) is 18.2 Å². The zero-order valence-electron chi connectivity index (χ0n) is 9.63. The first kappa shape index (κ1) is 9.97. The summed E-state index contributed by atoms with van der Waals surface area (Å²) >= 11 is 0. The number of aryl methyl sites for hydroxylation is 2. The summed E-state index contributed by atoms with van der Waals surface area (Å²) in [5.74, 6) is 1.01. The highest BCUT2D eigenvalue weighted by atomic mass is 15.1. The van der Waals surface area contributed by atoms with E-state index in [0.29, 0.717) is 0 Å². The van der Waals surface area contributed by atoms with Crippen molar-refractivity contribution in [3.63, 3.8) is 0 Å². The molecule has 77 valence electrons. The molecule has 2 heteroatoms. The maximum atomic E-state index is 4.64. The lowest BCUT2D eigenvalue weighted by Gasteiger charge is -2.14. The van der Waals surface area contributed by atoms with Crippen LogP contribution >= 0.6 is 0 Å². The van der Waals surface area contributed by atoms with Crippen LogP contribution in [0.2, 0.25) is 0 Å². The van der Waals surface area contributed by atoms with Gasteiger partial charge in [-0.15, -0.1) is 0 Å². The molecule has 0 bridgehead atoms. The lowest BCUT2D eigenvalue weighted by Crippen LogP contribution is -2.11. The van der Waals surface area contributed by atoms with Crippen LogP contribution in [0.25, 0.3) is 10.9 Å². The summed E-state index contributed by atoms with van der Waals surface area (Å²) in [6.07, 6.45) is 0. The highest BCUT2D eigenvalue weighted by molar-refractivity contribution is 5.86. The van der Waals surface area contributed by atoms with Gasteiger partial charge in [0.05, 0.1) is 5.52 Å². The van der Waals surface area contributed by atoms with E-state index < -0.39 is 0 Å². The Balaban J connectivity index is 2.80. The summed E-state index contributed by atoms with van der Waals surface area (Å²) in [5, 5.41) is 1.20. The second-order valence-corrected chi connectivity index (χ2v) is 4.09. The van der Waals surface area contributed by atoms with Crippen LogP contribution in [0.3, 0.4) is 0 Å². The second-order valence-electron chi connectivity index (χ2n) is 4.09. The summed E-state index contributed by atoms with van der Waals surface area (Å²) in [6, 6.07) is 9.23. The molecule has 1 heterocycles. The topological polar surface area (TPSA) is 16.1 Å². The normalized spacial score (nSPS) is 10.7. The molecular formula is C13H15N2. The van der Waals surface area contributed by atoms with Gasteiger partial charge in [-0.1, -0.05) is 0 Å². The standard InChI is InChI=1S/C13H15N2/c1-9-6-5-7-11-10(2)8-12(15(3)4)14-13(9)11/h6-8H,1-4H3. The van der Waals surface area contributed by atoms with Crippen LogP contribution in [-0.2, 0) is 0 Å². The minimum Gasteiger partial charge on any atom is -0.363 e. The van der Waals surface area contributed by atoms with Gasteiger partial charge in [0.15, 0.2) is 0 Å². The van der Waals surface area contributed by atoms with Crippen molar-refractivity contribution in [3.05, 3.63) is 35.4 Å². The Labute approximate surface area is 90.6 Å². The van der Waals surface area contributed by atoms with Crippen molar-refractivity contribution in [1.82, 2.24) is 4.98 Å². The first-order valence-corrected chi connectivity index (χ1v) is 5.05. The van der Waals surface area contributed by atoms with Crippen LogP contribution in [0, 0.1) is 19.9 Å². The number of hydrogen-bond donors (Lipinski definition) is 0. The molecule has 1 radical (unpaired) electrons. The maximum absolute atomic E-state index is 4.64. The Morgan fingerprint density at radius 1 is 1.13 bits per heavy atom. The monoisotopic (exact) mass is 199 g/mol. The third-order valence-corrected chi connectivity index (χ3v) is 2.61. The summed E-state index contributed by atoms with van der Waals surface area (Å²) in [6.45, 7) is 4.19. The minimum absolute atomic E-state index is 1.01. The SMILES string of the molecule is Cc1cc(N(C)C)nc2c(C)c[c]cc12. The Kier molecular flexibility index (Phi) is 2.35. The Bertz CT molecular complexity index is 501. The van der Waals surface area contributed by atoms with E-state index in [-0.39, 0.29) is 0 Å². The molecule has 1 aromatic carbocycles. The van der Waals surface area contributed by atoms with Gasteiger partial charge in [-0.2, -0.15) is 0 Å². The van der Waals surface area contributed by atoms with E-state index in [1.54, 1.807) is 0 Å². The van der Waals surface area contributed by atoms with Crippen molar-refractivity contribution in [2.45, 2.75) is 13.8 Å². The van der Waals surface area contributed by atoms with Crippen molar-refractivity contribution < 1.29 is 0 Å². The average Bonchev–Trinajstić information content (AvgIpc) is 2.19. The van der Waals surface area contributed by atoms with Gasteiger partial charge in [0.2, 0.25) is 0 Å². The van der Waals surface area contributed by atoms with Gasteiger partial charge in [0.1, 0.15) is 5.82 Å². The van der Waals surface area contributed by atoms with Gasteiger partial charge in [-0.3, -0.25) is 0 Å². The first-order valence-electron chi connectivity index (χ1n) is 5.05. The fraction of sp³-hybridized carbons (Fsp3) is 0.308. The average molecular weight is 199 g/mol. The smallest absolute Gasteiger partial charge is 0.129 e. The number of hydrogen-bond acceptors (Lipinski definition) is 2. The van der Waals surface area contributed by atoms with Crippen LogP contribution in [0.5, 0.6) is 0 Å². The van der Waals surface area contributed by atoms with Gasteiger partial charge < -0.3 is 4.90 Å². The first-order chi connectivity index (χ1) is 7.09. The van der Waals surface area contributed by atoms with E-state index in [0.717, 1.165) is 11.3 Å². The zero-order chi connectivity index (χ0) is 11.0. The van der Waals surface area contributed by atoms with Crippen molar-refractivity contribution >= 4 is 16.7 Å². The quantitative estimate of drug-likeness (QED) is 0.702. The molecule has 0 saturated heterocycles. The Morgan fingerprint density at radius 2 is 1.87 bits per heavy atom. The molecule has 0 spiro atoms. The highest BCUT2D eigenvalue weighted by Crippen LogP contribution is 2.23. The molecule has 0 fully saturated rings. The number of pyridine rings is 1. The molecule has 0 aliphatic rings. The molecule has 0 N–H and O–H groups in total. The molecule has 0 unspecified atom stereocenters. The fourth-order valence-corrected chi connectivity index (χ4v) is 1.70. The number of benzene rings is 1. The predicted octanol–water partition coefficient (Wildman–Crippen LogP) is 2.72. The molecular weight excluding hydrogens is 184 g/mol. The Hall–Kier alpha value is -1.57. The maximum Gasteiger partial charge on any atom is 0.129 e. The van der Waals surface area contributed by atoms with Crippen LogP contribution < -0.4 is 4.90 Å². The van der Waals surface area contributed by atoms with Gasteiger partial charge in [0.25, 0.3) is 0 Å². The predicted molar refractivity (Wildman–Crippen MR) is 64.4 cm³/mol. The zero-order valence-corrected chi connectivity index (χ0v) is 9.63. The van der Waals surface area contributed by atoms with Gasteiger partial charge in [-0.05, 0) is 49.2 Å². The molecule has 2 rings (SSSR count). The Morgan fingerprint density at radius 3 is 2.53 bits per heavy atom. The molecule has 2 nitrogen and oxygen atoms in total. The van der Waals surface area contributed by atoms with Crippen molar-refractivity contribution in [2.75, 3.05) is 19.0 Å². The third-order valence-electron chi connectivity index (χ3n) is 2.61. The van der Waals surface area contributed by atoms with E-state index >= 15 is 0 Å². The van der Waals surface area contributed by atoms with E-state index in [2.05, 4.69) is 31.0 Å². The molecule has 0 aliphatic heterocycles. The van der Waals surface area contributed by atoms with E-state index in [1.807, 2.05) is 31.1 Å². The number of aromatic nitrogens is 1. The number of rotatable bonds is 1. The fourth-order valence-electron chi connectivity index (χ4n) is 1.70. The molecule has 0 saturated carbocycles. The number of anilines is 1. The largest absolute Gasteiger partial charge is 0.363 e. The lowest BCUT2D eigenvalue weighted by atomic mass is 10.1. The van der Waals surface area contributed by atoms with Crippen LogP contribution in [0.4, 0.5) is 5.82 Å². The highest BCUT2D eigenvalue weighted by Gasteiger charge is 2.05. The van der Waals surface area contributed by atoms with Crippen LogP contribution in [0.1, 0.15) is 11.1 Å². The molecule has 1 aromatic heterocycles. The molecule has 0 amide bonds. The third kappa shape index (κ3) is 1.67. The molecule has 15 heavy (non-hydrogen) atoms. The summed E-state index contributed by atoms with van der Waals surface area (Å²) in [7, 11) is 4.02. The summed E-state index contributed by atoms with van der Waals surface area (Å²) in [4.78, 5) is 6.67. The van der Waals surface area contributed by atoms with Gasteiger partial charge in [-0.25, -0.2) is 4.98 Å². The molecule has 2 aromatic rings. The second kappa shape index (κ2) is 3.54. The summed E-state index contributed by atoms with van der Waals surface area (Å²) < 4.78 is 0. The number of fused-ring (bicyclic) bond motifs is 1. The van der Waals surface area contributed by atoms with Crippen molar-refractivity contribution in [1.29, 1.82) is 0 Å². The number of nitrogens with zero attached hydrogens (tertiary/aromatic N) is 2.